The molecule has 4 heteroatoms. The van der Waals surface area contributed by atoms with Gasteiger partial charge in [-0.25, -0.2) is 0 Å². The third-order valence-electron chi connectivity index (χ3n) is 3.00. The Kier molecular flexibility index (Phi) is 3.66. The molecule has 0 aliphatic heterocycles. The molecule has 0 unspecified atom stereocenters. The van der Waals surface area contributed by atoms with E-state index in [9.17, 15) is 0 Å². The monoisotopic (exact) mass is 309 g/mol. The molecule has 2 rings (SSSR count). The number of rotatable bonds is 3. The van der Waals surface area contributed by atoms with Crippen molar-refractivity contribution in [1.29, 1.82) is 0 Å². The number of nitrogens with zero attached hydrogens (tertiary/aromatic N) is 1. The van der Waals surface area contributed by atoms with E-state index in [0.717, 1.165) is 33.0 Å². The SMILES string of the molecule is COc1ccc(OC)c(-n2c(C)cc(Br)c2C)c1. The van der Waals surface area contributed by atoms with Gasteiger partial charge in [0.15, 0.2) is 0 Å². The molecule has 2 aromatic rings. The maximum atomic E-state index is 5.43. The summed E-state index contributed by atoms with van der Waals surface area (Å²) in [4.78, 5) is 0. The largest absolute Gasteiger partial charge is 0.497 e. The number of benzene rings is 1. The Bertz CT molecular complexity index is 575. The number of halogens is 1. The van der Waals surface area contributed by atoms with E-state index in [1.54, 1.807) is 14.2 Å². The first kappa shape index (κ1) is 13.0. The lowest BCUT2D eigenvalue weighted by Gasteiger charge is -2.15. The standard InChI is InChI=1S/C14H16BrNO2/c1-9-7-12(15)10(2)16(9)13-8-11(17-3)5-6-14(13)18-4/h5-8H,1-4H3. The average Bonchev–Trinajstić information content (AvgIpc) is 2.62. The van der Waals surface area contributed by atoms with Crippen molar-refractivity contribution in [2.75, 3.05) is 14.2 Å². The van der Waals surface area contributed by atoms with Gasteiger partial charge in [-0.15, -0.1) is 0 Å². The van der Waals surface area contributed by atoms with Crippen LogP contribution in [-0.2, 0) is 0 Å². The molecule has 0 aliphatic carbocycles. The highest BCUT2D eigenvalue weighted by Crippen LogP contribution is 2.32. The predicted octanol–water partition coefficient (Wildman–Crippen LogP) is 3.87. The third-order valence-corrected chi connectivity index (χ3v) is 3.80. The zero-order valence-corrected chi connectivity index (χ0v) is 12.5. The first-order chi connectivity index (χ1) is 8.58. The van der Waals surface area contributed by atoms with Crippen LogP contribution in [0, 0.1) is 13.8 Å². The summed E-state index contributed by atoms with van der Waals surface area (Å²) in [5.74, 6) is 1.64. The van der Waals surface area contributed by atoms with Gasteiger partial charge in [0.1, 0.15) is 11.5 Å². The third kappa shape index (κ3) is 2.12. The Balaban J connectivity index is 2.68. The summed E-state index contributed by atoms with van der Waals surface area (Å²) in [6.07, 6.45) is 0. The molecule has 0 saturated heterocycles. The topological polar surface area (TPSA) is 23.4 Å². The zero-order chi connectivity index (χ0) is 13.3. The molecular formula is C14H16BrNO2. The first-order valence-corrected chi connectivity index (χ1v) is 6.44. The molecule has 1 aromatic heterocycles. The van der Waals surface area contributed by atoms with Crippen LogP contribution in [0.2, 0.25) is 0 Å². The lowest BCUT2D eigenvalue weighted by atomic mass is 10.2. The molecule has 18 heavy (non-hydrogen) atoms. The van der Waals surface area contributed by atoms with Gasteiger partial charge in [0.05, 0.1) is 19.9 Å². The van der Waals surface area contributed by atoms with Crippen molar-refractivity contribution < 1.29 is 9.47 Å². The van der Waals surface area contributed by atoms with Crippen LogP contribution in [0.25, 0.3) is 5.69 Å². The molecule has 0 amide bonds. The maximum absolute atomic E-state index is 5.43. The van der Waals surface area contributed by atoms with Crippen LogP contribution >= 0.6 is 15.9 Å². The maximum Gasteiger partial charge on any atom is 0.143 e. The van der Waals surface area contributed by atoms with Gasteiger partial charge in [-0.2, -0.15) is 0 Å². The highest BCUT2D eigenvalue weighted by molar-refractivity contribution is 9.10. The van der Waals surface area contributed by atoms with Crippen molar-refractivity contribution in [3.63, 3.8) is 0 Å². The first-order valence-electron chi connectivity index (χ1n) is 5.65. The molecule has 1 heterocycles. The molecule has 0 atom stereocenters. The summed E-state index contributed by atoms with van der Waals surface area (Å²) in [5.41, 5.74) is 3.27. The van der Waals surface area contributed by atoms with Crippen LogP contribution < -0.4 is 9.47 Å². The van der Waals surface area contributed by atoms with E-state index >= 15 is 0 Å². The van der Waals surface area contributed by atoms with Crippen LogP contribution in [-0.4, -0.2) is 18.8 Å². The van der Waals surface area contributed by atoms with Gasteiger partial charge in [-0.1, -0.05) is 0 Å². The fourth-order valence-electron chi connectivity index (χ4n) is 2.07. The summed E-state index contributed by atoms with van der Waals surface area (Å²) in [7, 11) is 3.34. The van der Waals surface area contributed by atoms with E-state index in [2.05, 4.69) is 40.4 Å². The van der Waals surface area contributed by atoms with Gasteiger partial charge in [0, 0.05) is 21.9 Å². The molecule has 0 N–H and O–H groups in total. The highest BCUT2D eigenvalue weighted by atomic mass is 79.9. The minimum absolute atomic E-state index is 0.814. The second kappa shape index (κ2) is 5.06. The predicted molar refractivity (Wildman–Crippen MR) is 76.0 cm³/mol. The average molecular weight is 310 g/mol. The molecule has 0 bridgehead atoms. The van der Waals surface area contributed by atoms with Crippen molar-refractivity contribution in [3.05, 3.63) is 40.1 Å². The van der Waals surface area contributed by atoms with Crippen molar-refractivity contribution in [3.8, 4) is 17.2 Å². The van der Waals surface area contributed by atoms with Gasteiger partial charge in [0.25, 0.3) is 0 Å². The van der Waals surface area contributed by atoms with E-state index in [1.165, 1.54) is 0 Å². The summed E-state index contributed by atoms with van der Waals surface area (Å²) in [5, 5.41) is 0. The van der Waals surface area contributed by atoms with E-state index in [-0.39, 0.29) is 0 Å². The van der Waals surface area contributed by atoms with Crippen LogP contribution in [0.1, 0.15) is 11.4 Å². The van der Waals surface area contributed by atoms with Gasteiger partial charge in [-0.05, 0) is 48.0 Å². The van der Waals surface area contributed by atoms with Gasteiger partial charge >= 0.3 is 0 Å². The Morgan fingerprint density at radius 3 is 2.28 bits per heavy atom. The molecule has 96 valence electrons. The smallest absolute Gasteiger partial charge is 0.143 e. The minimum Gasteiger partial charge on any atom is -0.497 e. The number of ether oxygens (including phenoxy) is 2. The molecule has 0 saturated carbocycles. The number of aromatic nitrogens is 1. The van der Waals surface area contributed by atoms with Crippen LogP contribution in [0.3, 0.4) is 0 Å². The van der Waals surface area contributed by atoms with Gasteiger partial charge in [0.2, 0.25) is 0 Å². The summed E-state index contributed by atoms with van der Waals surface area (Å²) in [6.45, 7) is 4.13. The van der Waals surface area contributed by atoms with Gasteiger partial charge in [-0.3, -0.25) is 0 Å². The summed E-state index contributed by atoms with van der Waals surface area (Å²) < 4.78 is 13.9. The molecular weight excluding hydrogens is 294 g/mol. The van der Waals surface area contributed by atoms with Crippen molar-refractivity contribution in [2.24, 2.45) is 0 Å². The summed E-state index contributed by atoms with van der Waals surface area (Å²) in [6, 6.07) is 7.88. The molecule has 0 radical (unpaired) electrons. The molecule has 0 fully saturated rings. The molecule has 0 spiro atoms. The number of methoxy groups -OCH3 is 2. The number of hydrogen-bond donors (Lipinski definition) is 0. The quantitative estimate of drug-likeness (QED) is 0.859. The minimum atomic E-state index is 0.814. The van der Waals surface area contributed by atoms with Crippen molar-refractivity contribution in [1.82, 2.24) is 4.57 Å². The van der Waals surface area contributed by atoms with E-state index in [4.69, 9.17) is 9.47 Å². The fraction of sp³-hybridized carbons (Fsp3) is 0.286. The van der Waals surface area contributed by atoms with E-state index in [0.29, 0.717) is 0 Å². The van der Waals surface area contributed by atoms with Crippen LogP contribution in [0.5, 0.6) is 11.5 Å². The second-order valence-electron chi connectivity index (χ2n) is 4.09. The van der Waals surface area contributed by atoms with Crippen LogP contribution in [0.4, 0.5) is 0 Å². The second-order valence-corrected chi connectivity index (χ2v) is 4.95. The van der Waals surface area contributed by atoms with Gasteiger partial charge < -0.3 is 14.0 Å². The van der Waals surface area contributed by atoms with Crippen molar-refractivity contribution >= 4 is 15.9 Å². The normalized spacial score (nSPS) is 10.5. The number of aryl methyl sites for hydroxylation is 1. The Morgan fingerprint density at radius 2 is 1.78 bits per heavy atom. The zero-order valence-electron chi connectivity index (χ0n) is 11.0. The fourth-order valence-corrected chi connectivity index (χ4v) is 2.57. The van der Waals surface area contributed by atoms with E-state index in [1.807, 2.05) is 18.2 Å². The van der Waals surface area contributed by atoms with Crippen LogP contribution in [0.15, 0.2) is 28.7 Å². The highest BCUT2D eigenvalue weighted by Gasteiger charge is 2.13. The van der Waals surface area contributed by atoms with E-state index < -0.39 is 0 Å². The Morgan fingerprint density at radius 1 is 1.06 bits per heavy atom. The summed E-state index contributed by atoms with van der Waals surface area (Å²) >= 11 is 3.55. The Hall–Kier alpha value is -1.42. The lowest BCUT2D eigenvalue weighted by Crippen LogP contribution is -2.02. The molecule has 1 aromatic carbocycles. The molecule has 3 nitrogen and oxygen atoms in total. The molecule has 0 aliphatic rings. The lowest BCUT2D eigenvalue weighted by molar-refractivity contribution is 0.401. The van der Waals surface area contributed by atoms with Crippen molar-refractivity contribution in [2.45, 2.75) is 13.8 Å². The Labute approximate surface area is 115 Å². The number of hydrogen-bond acceptors (Lipinski definition) is 2.